The number of amides is 2. The summed E-state index contributed by atoms with van der Waals surface area (Å²) in [6.07, 6.45) is 0.837. The summed E-state index contributed by atoms with van der Waals surface area (Å²) in [5.41, 5.74) is 0.968. The number of ether oxygens (including phenoxy) is 1. The maximum atomic E-state index is 10.9. The first-order chi connectivity index (χ1) is 7.26. The number of benzene rings is 1. The van der Waals surface area contributed by atoms with Crippen LogP contribution in [0.1, 0.15) is 5.56 Å². The van der Waals surface area contributed by atoms with E-state index in [-0.39, 0.29) is 6.03 Å². The first-order valence-electron chi connectivity index (χ1n) is 4.42. The predicted octanol–water partition coefficient (Wildman–Crippen LogP) is 1.10. The van der Waals surface area contributed by atoms with Gasteiger partial charge < -0.3 is 10.1 Å². The van der Waals surface area contributed by atoms with Crippen molar-refractivity contribution in [3.8, 4) is 5.75 Å². The topological polar surface area (TPSA) is 74.2 Å². The van der Waals surface area contributed by atoms with E-state index in [1.54, 1.807) is 7.11 Å². The van der Waals surface area contributed by atoms with Gasteiger partial charge in [-0.25, -0.2) is 4.79 Å². The average molecular weight is 207 g/mol. The predicted molar refractivity (Wildman–Crippen MR) is 57.1 cm³/mol. The minimum Gasteiger partial charge on any atom is -0.497 e. The van der Waals surface area contributed by atoms with Crippen molar-refractivity contribution >= 4 is 12.4 Å². The summed E-state index contributed by atoms with van der Waals surface area (Å²) in [7, 11) is 1.60. The number of methoxy groups -OCH3 is 1. The Balaban J connectivity index is 2.43. The highest BCUT2D eigenvalue weighted by molar-refractivity contribution is 5.84. The van der Waals surface area contributed by atoms with Crippen LogP contribution in [0.25, 0.3) is 0 Å². The Kier molecular flexibility index (Phi) is 4.15. The van der Waals surface area contributed by atoms with Crippen molar-refractivity contribution in [2.75, 3.05) is 7.11 Å². The number of hydrogen-bond donors (Lipinski definition) is 3. The molecule has 5 nitrogen and oxygen atoms in total. The molecule has 0 fully saturated rings. The Hall–Kier alpha value is -2.04. The fraction of sp³-hybridized carbons (Fsp3) is 0.200. The van der Waals surface area contributed by atoms with E-state index in [2.05, 4.69) is 10.6 Å². The molecule has 3 N–H and O–H groups in total. The third-order valence-corrected chi connectivity index (χ3v) is 1.82. The van der Waals surface area contributed by atoms with Crippen LogP contribution in [0.4, 0.5) is 4.79 Å². The van der Waals surface area contributed by atoms with Crippen LogP contribution in [0.3, 0.4) is 0 Å². The van der Waals surface area contributed by atoms with E-state index in [0.717, 1.165) is 17.7 Å². The molecule has 1 rings (SSSR count). The normalized spacial score (nSPS) is 9.13. The molecule has 1 aromatic rings. The molecule has 0 bridgehead atoms. The molecule has 0 unspecified atom stereocenters. The Bertz CT molecular complexity index is 335. The van der Waals surface area contributed by atoms with Gasteiger partial charge in [-0.1, -0.05) is 12.1 Å². The summed E-state index contributed by atoms with van der Waals surface area (Å²) in [5.74, 6) is 0.780. The zero-order chi connectivity index (χ0) is 11.1. The van der Waals surface area contributed by atoms with Crippen LogP contribution >= 0.6 is 0 Å². The maximum Gasteiger partial charge on any atom is 0.320 e. The van der Waals surface area contributed by atoms with E-state index in [1.807, 2.05) is 24.3 Å². The van der Waals surface area contributed by atoms with E-state index < -0.39 is 0 Å². The van der Waals surface area contributed by atoms with Crippen molar-refractivity contribution in [3.63, 3.8) is 0 Å². The zero-order valence-corrected chi connectivity index (χ0v) is 8.41. The maximum absolute atomic E-state index is 10.9. The summed E-state index contributed by atoms with van der Waals surface area (Å²) in [6.45, 7) is 0.420. The SMILES string of the molecule is COc1ccc(CNC(=O)NC=N)cc1. The fourth-order valence-corrected chi connectivity index (χ4v) is 1.04. The van der Waals surface area contributed by atoms with Gasteiger partial charge in [0.05, 0.1) is 13.4 Å². The number of nitrogens with one attached hydrogen (secondary N) is 3. The third kappa shape index (κ3) is 3.68. The molecule has 0 aromatic heterocycles. The van der Waals surface area contributed by atoms with E-state index in [0.29, 0.717) is 6.54 Å². The molecule has 0 saturated carbocycles. The minimum atomic E-state index is -0.388. The van der Waals surface area contributed by atoms with Crippen molar-refractivity contribution < 1.29 is 9.53 Å². The van der Waals surface area contributed by atoms with Gasteiger partial charge in [-0.3, -0.25) is 10.7 Å². The Labute approximate surface area is 88.0 Å². The molecule has 5 heteroatoms. The Morgan fingerprint density at radius 1 is 1.47 bits per heavy atom. The van der Waals surface area contributed by atoms with Crippen LogP contribution in [0, 0.1) is 5.41 Å². The monoisotopic (exact) mass is 207 g/mol. The van der Waals surface area contributed by atoms with Gasteiger partial charge in [0.25, 0.3) is 0 Å². The zero-order valence-electron chi connectivity index (χ0n) is 8.41. The van der Waals surface area contributed by atoms with Crippen LogP contribution < -0.4 is 15.4 Å². The van der Waals surface area contributed by atoms with E-state index in [9.17, 15) is 4.79 Å². The van der Waals surface area contributed by atoms with Crippen LogP contribution in [-0.2, 0) is 6.54 Å². The first-order valence-corrected chi connectivity index (χ1v) is 4.42. The highest BCUT2D eigenvalue weighted by atomic mass is 16.5. The van der Waals surface area contributed by atoms with Crippen molar-refractivity contribution in [1.82, 2.24) is 10.6 Å². The second kappa shape index (κ2) is 5.64. The van der Waals surface area contributed by atoms with Gasteiger partial charge in [-0.2, -0.15) is 0 Å². The van der Waals surface area contributed by atoms with Gasteiger partial charge in [0.2, 0.25) is 0 Å². The lowest BCUT2D eigenvalue weighted by atomic mass is 10.2. The molecule has 0 aliphatic carbocycles. The summed E-state index contributed by atoms with van der Waals surface area (Å²) in [6, 6.07) is 6.99. The smallest absolute Gasteiger partial charge is 0.320 e. The Morgan fingerprint density at radius 2 is 2.13 bits per heavy atom. The molecule has 0 saturated heterocycles. The second-order valence-electron chi connectivity index (χ2n) is 2.82. The Morgan fingerprint density at radius 3 is 2.67 bits per heavy atom. The largest absolute Gasteiger partial charge is 0.497 e. The van der Waals surface area contributed by atoms with Crippen LogP contribution in [0.2, 0.25) is 0 Å². The highest BCUT2D eigenvalue weighted by Crippen LogP contribution is 2.10. The van der Waals surface area contributed by atoms with Crippen molar-refractivity contribution in [1.29, 1.82) is 5.41 Å². The van der Waals surface area contributed by atoms with E-state index >= 15 is 0 Å². The van der Waals surface area contributed by atoms with Gasteiger partial charge in [-0.15, -0.1) is 0 Å². The van der Waals surface area contributed by atoms with Crippen molar-refractivity contribution in [3.05, 3.63) is 29.8 Å². The molecule has 0 aliphatic heterocycles. The summed E-state index contributed by atoms with van der Waals surface area (Å²) in [5, 5.41) is 11.5. The number of hydrogen-bond acceptors (Lipinski definition) is 3. The standard InChI is InChI=1S/C10H13N3O2/c1-15-9-4-2-8(3-5-9)6-12-10(14)13-7-11/h2-5,7H,6H2,1H3,(H3,11,12,13,14). The lowest BCUT2D eigenvalue weighted by molar-refractivity contribution is 0.245. The van der Waals surface area contributed by atoms with Gasteiger partial charge in [-0.05, 0) is 17.7 Å². The molecular weight excluding hydrogens is 194 g/mol. The third-order valence-electron chi connectivity index (χ3n) is 1.82. The molecular formula is C10H13N3O2. The lowest BCUT2D eigenvalue weighted by Gasteiger charge is -2.05. The second-order valence-corrected chi connectivity index (χ2v) is 2.82. The average Bonchev–Trinajstić information content (AvgIpc) is 2.27. The molecule has 0 spiro atoms. The minimum absolute atomic E-state index is 0.388. The number of urea groups is 1. The van der Waals surface area contributed by atoms with Crippen molar-refractivity contribution in [2.24, 2.45) is 0 Å². The summed E-state index contributed by atoms with van der Waals surface area (Å²) < 4.78 is 5.00. The molecule has 1 aromatic carbocycles. The molecule has 0 heterocycles. The quantitative estimate of drug-likeness (QED) is 0.511. The molecule has 0 aliphatic rings. The number of rotatable bonds is 4. The van der Waals surface area contributed by atoms with Gasteiger partial charge >= 0.3 is 6.03 Å². The van der Waals surface area contributed by atoms with Crippen LogP contribution in [0.15, 0.2) is 24.3 Å². The van der Waals surface area contributed by atoms with Crippen LogP contribution in [-0.4, -0.2) is 19.5 Å². The van der Waals surface area contributed by atoms with Gasteiger partial charge in [0, 0.05) is 6.54 Å². The first kappa shape index (κ1) is 11.0. The van der Waals surface area contributed by atoms with E-state index in [4.69, 9.17) is 10.1 Å². The van der Waals surface area contributed by atoms with Crippen molar-refractivity contribution in [2.45, 2.75) is 6.54 Å². The molecule has 80 valence electrons. The lowest BCUT2D eigenvalue weighted by Crippen LogP contribution is -2.33. The molecule has 0 atom stereocenters. The molecule has 15 heavy (non-hydrogen) atoms. The highest BCUT2D eigenvalue weighted by Gasteiger charge is 1.98. The van der Waals surface area contributed by atoms with E-state index in [1.165, 1.54) is 0 Å². The molecule has 0 radical (unpaired) electrons. The number of carbonyl (C=O) groups is 1. The van der Waals surface area contributed by atoms with Gasteiger partial charge in [0.1, 0.15) is 5.75 Å². The van der Waals surface area contributed by atoms with Gasteiger partial charge in [0.15, 0.2) is 0 Å². The fourth-order valence-electron chi connectivity index (χ4n) is 1.04. The summed E-state index contributed by atoms with van der Waals surface area (Å²) >= 11 is 0. The number of carbonyl (C=O) groups excluding carboxylic acids is 1. The molecule has 2 amide bonds. The van der Waals surface area contributed by atoms with Crippen LogP contribution in [0.5, 0.6) is 5.75 Å². The summed E-state index contributed by atoms with van der Waals surface area (Å²) in [4.78, 5) is 10.9.